The van der Waals surface area contributed by atoms with E-state index in [-0.39, 0.29) is 12.4 Å². The quantitative estimate of drug-likeness (QED) is 0.504. The zero-order valence-electron chi connectivity index (χ0n) is 3.33. The first-order chi connectivity index (χ1) is 2.94. The Morgan fingerprint density at radius 2 is 1.50 bits per heavy atom. The lowest BCUT2D eigenvalue weighted by Gasteiger charge is -1.93. The van der Waals surface area contributed by atoms with Crippen molar-refractivity contribution in [1.82, 2.24) is 0 Å². The van der Waals surface area contributed by atoms with Gasteiger partial charge in [0.25, 0.3) is 0 Å². The molecule has 6 heteroatoms. The third-order valence-electron chi connectivity index (χ3n) is 0.223. The van der Waals surface area contributed by atoms with E-state index in [4.69, 9.17) is 4.79 Å². The van der Waals surface area contributed by atoms with Crippen LogP contribution in [0.15, 0.2) is 0 Å². The largest absolute Gasteiger partial charge is 0.466 e. The molecule has 0 radical (unpaired) electrons. The highest BCUT2D eigenvalue weighted by Crippen LogP contribution is 2.17. The van der Waals surface area contributed by atoms with Gasteiger partial charge in [-0.15, -0.1) is 12.4 Å². The van der Waals surface area contributed by atoms with E-state index in [1.807, 2.05) is 0 Å². The molecule has 0 N–H and O–H groups in total. The molecule has 0 atom stereocenters. The van der Waals surface area contributed by atoms with Crippen molar-refractivity contribution in [1.29, 1.82) is 0 Å². The van der Waals surface area contributed by atoms with E-state index in [0.29, 0.717) is 0 Å². The molecule has 0 aliphatic carbocycles. The van der Waals surface area contributed by atoms with Gasteiger partial charge in [0, 0.05) is 0 Å². The Kier molecular flexibility index (Phi) is 4.29. The second-order valence-corrected chi connectivity index (χ2v) is 1.11. The predicted octanol–water partition coefficient (Wildman–Crippen LogP) is 1.74. The highest BCUT2D eigenvalue weighted by molar-refractivity contribution is 6.64. The molecule has 0 heterocycles. The van der Waals surface area contributed by atoms with E-state index >= 15 is 0 Å². The number of carbonyl (C=O) groups excluding carboxylic acids is 1. The SMILES string of the molecule is Cl.O=C(Cl)C(F)(F)F. The highest BCUT2D eigenvalue weighted by Gasteiger charge is 2.36. The fourth-order valence-electron chi connectivity index (χ4n) is 0. The average molecular weight is 169 g/mol. The summed E-state index contributed by atoms with van der Waals surface area (Å²) in [5.74, 6) is 0. The summed E-state index contributed by atoms with van der Waals surface area (Å²) in [6.45, 7) is 0. The predicted molar refractivity (Wildman–Crippen MR) is 24.2 cm³/mol. The lowest BCUT2D eigenvalue weighted by Crippen LogP contribution is -2.15. The molecule has 0 saturated carbocycles. The van der Waals surface area contributed by atoms with E-state index in [0.717, 1.165) is 0 Å². The summed E-state index contributed by atoms with van der Waals surface area (Å²) in [6, 6.07) is 0. The molecule has 0 aliphatic rings. The molecular weight excluding hydrogens is 168 g/mol. The number of hydrogen-bond donors (Lipinski definition) is 0. The van der Waals surface area contributed by atoms with Crippen molar-refractivity contribution in [3.05, 3.63) is 0 Å². The standard InChI is InChI=1S/C2ClF3O.ClH/c3-1(7)2(4,5)6;/h;1H. The van der Waals surface area contributed by atoms with Crippen molar-refractivity contribution in [3.8, 4) is 0 Å². The monoisotopic (exact) mass is 168 g/mol. The molecule has 0 saturated heterocycles. The van der Waals surface area contributed by atoms with Crippen molar-refractivity contribution < 1.29 is 18.0 Å². The Balaban J connectivity index is 0. The molecule has 0 unspecified atom stereocenters. The third kappa shape index (κ3) is 4.21. The first-order valence-corrected chi connectivity index (χ1v) is 1.59. The molecule has 0 rings (SSSR count). The fourth-order valence-corrected chi connectivity index (χ4v) is 0. The minimum absolute atomic E-state index is 0. The van der Waals surface area contributed by atoms with Crippen LogP contribution in [0.3, 0.4) is 0 Å². The van der Waals surface area contributed by atoms with Crippen molar-refractivity contribution in [3.63, 3.8) is 0 Å². The van der Waals surface area contributed by atoms with Crippen LogP contribution in [-0.4, -0.2) is 11.4 Å². The van der Waals surface area contributed by atoms with Crippen LogP contribution in [0.2, 0.25) is 0 Å². The minimum atomic E-state index is -4.87. The Morgan fingerprint density at radius 3 is 1.50 bits per heavy atom. The number of hydrogen-bond acceptors (Lipinski definition) is 1. The van der Waals surface area contributed by atoms with E-state index < -0.39 is 11.4 Å². The molecule has 0 bridgehead atoms. The van der Waals surface area contributed by atoms with Gasteiger partial charge in [0.2, 0.25) is 0 Å². The van der Waals surface area contributed by atoms with E-state index in [9.17, 15) is 13.2 Å². The lowest BCUT2D eigenvalue weighted by atomic mass is 10.8. The molecule has 0 aromatic heterocycles. The number of carbonyl (C=O) groups is 1. The van der Waals surface area contributed by atoms with Gasteiger partial charge < -0.3 is 0 Å². The van der Waals surface area contributed by atoms with E-state index in [1.54, 1.807) is 0 Å². The molecule has 0 fully saturated rings. The van der Waals surface area contributed by atoms with Gasteiger partial charge in [0.1, 0.15) is 0 Å². The summed E-state index contributed by atoms with van der Waals surface area (Å²) in [7, 11) is 0. The molecular formula is C2HCl2F3O. The molecule has 0 aliphatic heterocycles. The zero-order chi connectivity index (χ0) is 6.08. The number of halogens is 5. The summed E-state index contributed by atoms with van der Waals surface area (Å²) >= 11 is 3.99. The number of rotatable bonds is 0. The van der Waals surface area contributed by atoms with E-state index in [1.165, 1.54) is 0 Å². The molecule has 50 valence electrons. The third-order valence-corrected chi connectivity index (χ3v) is 0.437. The second kappa shape index (κ2) is 3.14. The normalized spacial score (nSPS) is 10.0. The summed E-state index contributed by atoms with van der Waals surface area (Å²) in [5.41, 5.74) is 0. The van der Waals surface area contributed by atoms with Crippen molar-refractivity contribution in [2.24, 2.45) is 0 Å². The molecule has 0 aromatic rings. The fraction of sp³-hybridized carbons (Fsp3) is 0.500. The van der Waals surface area contributed by atoms with Gasteiger partial charge in [-0.1, -0.05) is 0 Å². The van der Waals surface area contributed by atoms with Crippen molar-refractivity contribution in [2.45, 2.75) is 6.18 Å². The van der Waals surface area contributed by atoms with Gasteiger partial charge in [0.05, 0.1) is 0 Å². The first kappa shape index (κ1) is 10.9. The topological polar surface area (TPSA) is 17.1 Å². The maximum Gasteiger partial charge on any atom is 0.466 e. The van der Waals surface area contributed by atoms with Crippen LogP contribution in [0.4, 0.5) is 13.2 Å². The van der Waals surface area contributed by atoms with Crippen LogP contribution in [0.1, 0.15) is 0 Å². The summed E-state index contributed by atoms with van der Waals surface area (Å²) in [4.78, 5) is 9.11. The van der Waals surface area contributed by atoms with Gasteiger partial charge in [-0.2, -0.15) is 13.2 Å². The van der Waals surface area contributed by atoms with Crippen molar-refractivity contribution >= 4 is 29.3 Å². The molecule has 0 spiro atoms. The van der Waals surface area contributed by atoms with Crippen molar-refractivity contribution in [2.75, 3.05) is 0 Å². The summed E-state index contributed by atoms with van der Waals surface area (Å²) < 4.78 is 32.1. The number of alkyl halides is 3. The Labute approximate surface area is 54.2 Å². The van der Waals surface area contributed by atoms with Gasteiger partial charge in [-0.25, -0.2) is 0 Å². The molecule has 0 aromatic carbocycles. The molecule has 0 amide bonds. The van der Waals surface area contributed by atoms with Crippen LogP contribution in [0.25, 0.3) is 0 Å². The minimum Gasteiger partial charge on any atom is -0.271 e. The zero-order valence-corrected chi connectivity index (χ0v) is 4.90. The van der Waals surface area contributed by atoms with E-state index in [2.05, 4.69) is 11.6 Å². The second-order valence-electron chi connectivity index (χ2n) is 0.771. The Bertz CT molecular complexity index is 87.8. The van der Waals surface area contributed by atoms with Gasteiger partial charge in [0.15, 0.2) is 0 Å². The average Bonchev–Trinajstić information content (AvgIpc) is 1.31. The maximum absolute atomic E-state index is 10.7. The Morgan fingerprint density at radius 1 is 1.38 bits per heavy atom. The summed E-state index contributed by atoms with van der Waals surface area (Å²) in [5, 5.41) is -2.28. The van der Waals surface area contributed by atoms with Crippen LogP contribution >= 0.6 is 24.0 Å². The van der Waals surface area contributed by atoms with Gasteiger partial charge >= 0.3 is 11.4 Å². The van der Waals surface area contributed by atoms with Crippen LogP contribution < -0.4 is 0 Å². The van der Waals surface area contributed by atoms with Gasteiger partial charge in [-0.05, 0) is 11.6 Å². The highest BCUT2D eigenvalue weighted by atomic mass is 35.5. The smallest absolute Gasteiger partial charge is 0.271 e. The first-order valence-electron chi connectivity index (χ1n) is 1.21. The Hall–Kier alpha value is 0.0400. The van der Waals surface area contributed by atoms with Crippen LogP contribution in [0, 0.1) is 0 Å². The molecule has 1 nitrogen and oxygen atoms in total. The van der Waals surface area contributed by atoms with Crippen LogP contribution in [-0.2, 0) is 4.79 Å². The van der Waals surface area contributed by atoms with Crippen LogP contribution in [0.5, 0.6) is 0 Å². The van der Waals surface area contributed by atoms with Gasteiger partial charge in [-0.3, -0.25) is 4.79 Å². The maximum atomic E-state index is 10.7. The molecule has 8 heavy (non-hydrogen) atoms. The lowest BCUT2D eigenvalue weighted by molar-refractivity contribution is -0.161. The summed E-state index contributed by atoms with van der Waals surface area (Å²) in [6.07, 6.45) is -4.87.